The molecule has 11 heteroatoms. The van der Waals surface area contributed by atoms with Crippen molar-refractivity contribution in [2.75, 3.05) is 30.5 Å². The summed E-state index contributed by atoms with van der Waals surface area (Å²) in [6, 6.07) is 10.2. The lowest BCUT2D eigenvalue weighted by Crippen LogP contribution is -2.18. The summed E-state index contributed by atoms with van der Waals surface area (Å²) in [5.74, 6) is 1.19. The number of sulfonamides is 1. The van der Waals surface area contributed by atoms with Gasteiger partial charge in [0.25, 0.3) is 5.91 Å². The molecule has 3 N–H and O–H groups in total. The smallest absolute Gasteiger partial charge is 0.255 e. The minimum absolute atomic E-state index is 0.202. The molecule has 0 saturated heterocycles. The number of aryl methyl sites for hydroxylation is 1. The molecule has 0 radical (unpaired) electrons. The van der Waals surface area contributed by atoms with Crippen LogP contribution in [0.1, 0.15) is 48.1 Å². The Morgan fingerprint density at radius 2 is 1.78 bits per heavy atom. The molecule has 198 valence electrons. The van der Waals surface area contributed by atoms with Crippen LogP contribution in [0.25, 0.3) is 0 Å². The molecular formula is C26H33N5O5S. The first kappa shape index (κ1) is 27.9. The van der Waals surface area contributed by atoms with E-state index in [1.807, 2.05) is 27.7 Å². The molecule has 0 unspecified atom stereocenters. The predicted molar refractivity (Wildman–Crippen MR) is 144 cm³/mol. The van der Waals surface area contributed by atoms with E-state index in [4.69, 9.17) is 9.47 Å². The van der Waals surface area contributed by atoms with Crippen molar-refractivity contribution in [2.45, 2.75) is 39.7 Å². The zero-order valence-corrected chi connectivity index (χ0v) is 22.9. The highest BCUT2D eigenvalue weighted by Crippen LogP contribution is 2.39. The van der Waals surface area contributed by atoms with E-state index in [0.29, 0.717) is 35.2 Å². The summed E-state index contributed by atoms with van der Waals surface area (Å²) in [5, 5.41) is 5.86. The van der Waals surface area contributed by atoms with Gasteiger partial charge in [-0.25, -0.2) is 13.4 Å². The third-order valence-electron chi connectivity index (χ3n) is 5.38. The molecule has 0 spiro atoms. The number of benzene rings is 2. The lowest BCUT2D eigenvalue weighted by molar-refractivity contribution is 0.102. The van der Waals surface area contributed by atoms with Crippen LogP contribution in [0.2, 0.25) is 0 Å². The maximum Gasteiger partial charge on any atom is 0.255 e. The number of hydrogen-bond acceptors (Lipinski definition) is 8. The van der Waals surface area contributed by atoms with Crippen LogP contribution in [0.3, 0.4) is 0 Å². The van der Waals surface area contributed by atoms with Gasteiger partial charge in [-0.05, 0) is 54.8 Å². The van der Waals surface area contributed by atoms with E-state index < -0.39 is 15.9 Å². The molecule has 0 atom stereocenters. The van der Waals surface area contributed by atoms with Crippen molar-refractivity contribution in [2.24, 2.45) is 0 Å². The molecule has 3 aromatic rings. The van der Waals surface area contributed by atoms with E-state index in [1.54, 1.807) is 49.6 Å². The number of nitrogens with one attached hydrogen (secondary N) is 3. The zero-order chi connectivity index (χ0) is 27.4. The normalized spacial score (nSPS) is 11.6. The Morgan fingerprint density at radius 1 is 1.08 bits per heavy atom. The lowest BCUT2D eigenvalue weighted by Gasteiger charge is -2.24. The molecule has 1 aromatic heterocycles. The largest absolute Gasteiger partial charge is 0.492 e. The fourth-order valence-electron chi connectivity index (χ4n) is 3.49. The number of ether oxygens (including phenoxy) is 2. The summed E-state index contributed by atoms with van der Waals surface area (Å²) in [5.41, 5.74) is 2.21. The molecule has 2 aromatic carbocycles. The van der Waals surface area contributed by atoms with E-state index in [-0.39, 0.29) is 16.9 Å². The van der Waals surface area contributed by atoms with Gasteiger partial charge in [0.1, 0.15) is 11.6 Å². The average Bonchev–Trinajstić information content (AvgIpc) is 2.79. The van der Waals surface area contributed by atoms with Gasteiger partial charge in [0, 0.05) is 17.8 Å². The van der Waals surface area contributed by atoms with Gasteiger partial charge in [-0.3, -0.25) is 9.52 Å². The molecule has 0 aliphatic rings. The summed E-state index contributed by atoms with van der Waals surface area (Å²) in [7, 11) is -0.375. The van der Waals surface area contributed by atoms with Gasteiger partial charge in [-0.1, -0.05) is 26.8 Å². The van der Waals surface area contributed by atoms with E-state index in [1.165, 1.54) is 7.11 Å². The van der Waals surface area contributed by atoms with E-state index >= 15 is 0 Å². The molecule has 0 fully saturated rings. The fraction of sp³-hybridized carbons (Fsp3) is 0.346. The molecule has 3 rings (SSSR count). The number of methoxy groups -OCH3 is 1. The third-order valence-corrected chi connectivity index (χ3v) is 5.97. The number of anilines is 2. The van der Waals surface area contributed by atoms with Crippen molar-refractivity contribution in [1.82, 2.24) is 15.3 Å². The quantitative estimate of drug-likeness (QED) is 0.377. The highest BCUT2D eigenvalue weighted by molar-refractivity contribution is 7.92. The van der Waals surface area contributed by atoms with E-state index in [9.17, 15) is 13.2 Å². The summed E-state index contributed by atoms with van der Waals surface area (Å²) in [6.45, 7) is 8.33. The van der Waals surface area contributed by atoms with Crippen molar-refractivity contribution in [1.29, 1.82) is 0 Å². The molecule has 0 bridgehead atoms. The molecule has 10 nitrogen and oxygen atoms in total. The number of carbonyl (C=O) groups is 1. The van der Waals surface area contributed by atoms with Crippen LogP contribution in [-0.4, -0.2) is 44.7 Å². The van der Waals surface area contributed by atoms with Gasteiger partial charge in [-0.2, -0.15) is 4.98 Å². The molecule has 0 aliphatic heterocycles. The van der Waals surface area contributed by atoms with Crippen molar-refractivity contribution >= 4 is 27.3 Å². The van der Waals surface area contributed by atoms with Gasteiger partial charge in [0.2, 0.25) is 15.9 Å². The Balaban J connectivity index is 1.96. The minimum atomic E-state index is -3.59. The number of rotatable bonds is 9. The van der Waals surface area contributed by atoms with Crippen LogP contribution in [0.5, 0.6) is 17.4 Å². The van der Waals surface area contributed by atoms with E-state index in [0.717, 1.165) is 17.4 Å². The van der Waals surface area contributed by atoms with Crippen molar-refractivity contribution in [3.63, 3.8) is 0 Å². The summed E-state index contributed by atoms with van der Waals surface area (Å²) in [4.78, 5) is 21.8. The van der Waals surface area contributed by atoms with Gasteiger partial charge < -0.3 is 20.1 Å². The second-order valence-electron chi connectivity index (χ2n) is 9.61. The number of nitrogens with zero attached hydrogens (tertiary/aromatic N) is 2. The molecule has 1 amide bonds. The van der Waals surface area contributed by atoms with Crippen LogP contribution in [0, 0.1) is 6.92 Å². The first-order chi connectivity index (χ1) is 17.3. The molecule has 0 aliphatic carbocycles. The second-order valence-corrected chi connectivity index (χ2v) is 11.4. The summed E-state index contributed by atoms with van der Waals surface area (Å²) >= 11 is 0. The lowest BCUT2D eigenvalue weighted by atomic mass is 9.86. The molecule has 37 heavy (non-hydrogen) atoms. The minimum Gasteiger partial charge on any atom is -0.492 e. The average molecular weight is 528 g/mol. The Kier molecular flexibility index (Phi) is 8.39. The van der Waals surface area contributed by atoms with Gasteiger partial charge in [0.05, 0.1) is 31.3 Å². The highest BCUT2D eigenvalue weighted by Gasteiger charge is 2.23. The molecule has 1 heterocycles. The maximum atomic E-state index is 13.3. The van der Waals surface area contributed by atoms with Crippen LogP contribution in [0.15, 0.2) is 42.6 Å². The summed E-state index contributed by atoms with van der Waals surface area (Å²) < 4.78 is 37.9. The Labute approximate surface area is 217 Å². The van der Waals surface area contributed by atoms with Crippen LogP contribution in [-0.2, 0) is 22.0 Å². The summed E-state index contributed by atoms with van der Waals surface area (Å²) in [6.07, 6.45) is 2.67. The molecule has 0 saturated carbocycles. The Bertz CT molecular complexity index is 1400. The van der Waals surface area contributed by atoms with Crippen molar-refractivity contribution < 1.29 is 22.7 Å². The molecular weight excluding hydrogens is 494 g/mol. The first-order valence-corrected chi connectivity index (χ1v) is 13.5. The Hall–Kier alpha value is -3.70. The topological polar surface area (TPSA) is 132 Å². The van der Waals surface area contributed by atoms with Crippen LogP contribution >= 0.6 is 0 Å². The maximum absolute atomic E-state index is 13.3. The van der Waals surface area contributed by atoms with Crippen molar-refractivity contribution in [3.8, 4) is 17.4 Å². The standard InChI is InChI=1S/C26H33N5O5S/c1-16-8-9-17(12-21(16)36-23-10-11-28-22(30-23)15-27-5)25(32)29-19-13-18(26(2,3)4)14-20(24(19)35-6)31-37(7,33)34/h8-14,27,31H,15H2,1-7H3,(H,29,32). The predicted octanol–water partition coefficient (Wildman–Crippen LogP) is 4.23. The van der Waals surface area contributed by atoms with E-state index in [2.05, 4.69) is 25.3 Å². The van der Waals surface area contributed by atoms with Crippen LogP contribution in [0.4, 0.5) is 11.4 Å². The number of carbonyl (C=O) groups excluding carboxylic acids is 1. The third kappa shape index (κ3) is 7.40. The highest BCUT2D eigenvalue weighted by atomic mass is 32.2. The van der Waals surface area contributed by atoms with Gasteiger partial charge >= 0.3 is 0 Å². The first-order valence-electron chi connectivity index (χ1n) is 11.6. The number of hydrogen-bond donors (Lipinski definition) is 3. The van der Waals surface area contributed by atoms with Gasteiger partial charge in [-0.15, -0.1) is 0 Å². The number of amides is 1. The van der Waals surface area contributed by atoms with Gasteiger partial charge in [0.15, 0.2) is 5.75 Å². The Morgan fingerprint density at radius 3 is 2.41 bits per heavy atom. The fourth-order valence-corrected chi connectivity index (χ4v) is 4.04. The van der Waals surface area contributed by atoms with Crippen LogP contribution < -0.4 is 24.8 Å². The zero-order valence-electron chi connectivity index (χ0n) is 22.1. The number of aromatic nitrogens is 2. The van der Waals surface area contributed by atoms with Crippen molar-refractivity contribution in [3.05, 3.63) is 65.1 Å². The SMILES string of the molecule is CNCc1nccc(Oc2cc(C(=O)Nc3cc(C(C)(C)C)cc(NS(C)(=O)=O)c3OC)ccc2C)n1. The monoisotopic (exact) mass is 527 g/mol. The second kappa shape index (κ2) is 11.1.